The van der Waals surface area contributed by atoms with Crippen LogP contribution < -0.4 is 5.32 Å². The molecule has 0 spiro atoms. The fourth-order valence-corrected chi connectivity index (χ4v) is 2.27. The number of imidazole rings is 1. The van der Waals surface area contributed by atoms with Gasteiger partial charge in [0.05, 0.1) is 6.20 Å². The summed E-state index contributed by atoms with van der Waals surface area (Å²) in [6.45, 7) is 1.64. The summed E-state index contributed by atoms with van der Waals surface area (Å²) in [5.41, 5.74) is 2.94. The lowest BCUT2D eigenvalue weighted by atomic mass is 10.2. The highest BCUT2D eigenvalue weighted by Crippen LogP contribution is 2.15. The molecule has 0 atom stereocenters. The van der Waals surface area contributed by atoms with Gasteiger partial charge in [-0.1, -0.05) is 11.3 Å². The van der Waals surface area contributed by atoms with Crippen molar-refractivity contribution < 1.29 is 9.18 Å². The highest BCUT2D eigenvalue weighted by Gasteiger charge is 2.12. The smallest absolute Gasteiger partial charge is 0.275 e. The van der Waals surface area contributed by atoms with E-state index in [4.69, 9.17) is 0 Å². The maximum Gasteiger partial charge on any atom is 0.275 e. The summed E-state index contributed by atoms with van der Waals surface area (Å²) in [4.78, 5) is 16.8. The zero-order valence-corrected chi connectivity index (χ0v) is 10.7. The standard InChI is InChI=1S/C12H9FN4OS/c1-7-4-8(2-3-9(7)13)15-11(18)10-5-17-12(16-10)19-6-14-17/h2-6H,1H3,(H,15,18). The number of benzene rings is 1. The van der Waals surface area contributed by atoms with Crippen molar-refractivity contribution in [3.63, 3.8) is 0 Å². The maximum atomic E-state index is 13.1. The van der Waals surface area contributed by atoms with Gasteiger partial charge in [0.1, 0.15) is 17.0 Å². The van der Waals surface area contributed by atoms with E-state index in [0.29, 0.717) is 16.2 Å². The second-order valence-corrected chi connectivity index (χ2v) is 4.82. The number of hydrogen-bond donors (Lipinski definition) is 1. The normalized spacial score (nSPS) is 10.8. The number of anilines is 1. The average molecular weight is 276 g/mol. The molecule has 0 aliphatic carbocycles. The van der Waals surface area contributed by atoms with E-state index in [1.807, 2.05) is 0 Å². The van der Waals surface area contributed by atoms with Gasteiger partial charge in [-0.15, -0.1) is 0 Å². The third kappa shape index (κ3) is 2.19. The number of nitrogens with one attached hydrogen (secondary N) is 1. The van der Waals surface area contributed by atoms with E-state index < -0.39 is 0 Å². The fourth-order valence-electron chi connectivity index (χ4n) is 1.67. The summed E-state index contributed by atoms with van der Waals surface area (Å²) in [5, 5.41) is 6.67. The molecule has 0 aliphatic rings. The van der Waals surface area contributed by atoms with Crippen molar-refractivity contribution in [2.75, 3.05) is 5.32 Å². The van der Waals surface area contributed by atoms with Gasteiger partial charge in [-0.2, -0.15) is 5.10 Å². The Morgan fingerprint density at radius 1 is 1.47 bits per heavy atom. The monoisotopic (exact) mass is 276 g/mol. The number of amides is 1. The van der Waals surface area contributed by atoms with Crippen molar-refractivity contribution in [2.24, 2.45) is 0 Å². The molecule has 1 amide bonds. The van der Waals surface area contributed by atoms with E-state index in [1.165, 1.54) is 28.0 Å². The van der Waals surface area contributed by atoms with Crippen LogP contribution in [0.3, 0.4) is 0 Å². The van der Waals surface area contributed by atoms with E-state index in [9.17, 15) is 9.18 Å². The van der Waals surface area contributed by atoms with Gasteiger partial charge in [0.15, 0.2) is 0 Å². The second-order valence-electron chi connectivity index (χ2n) is 4.01. The number of aryl methyl sites for hydroxylation is 1. The quantitative estimate of drug-likeness (QED) is 0.782. The Labute approximate surface area is 111 Å². The van der Waals surface area contributed by atoms with Gasteiger partial charge >= 0.3 is 0 Å². The maximum absolute atomic E-state index is 13.1. The van der Waals surface area contributed by atoms with Crippen LogP contribution in [0.2, 0.25) is 0 Å². The van der Waals surface area contributed by atoms with E-state index in [-0.39, 0.29) is 17.4 Å². The molecule has 0 saturated heterocycles. The third-order valence-corrected chi connectivity index (χ3v) is 3.32. The zero-order valence-electron chi connectivity index (χ0n) is 9.92. The highest BCUT2D eigenvalue weighted by molar-refractivity contribution is 7.14. The van der Waals surface area contributed by atoms with Crippen molar-refractivity contribution in [3.8, 4) is 0 Å². The Morgan fingerprint density at radius 2 is 2.32 bits per heavy atom. The molecule has 96 valence electrons. The van der Waals surface area contributed by atoms with Crippen LogP contribution in [0.1, 0.15) is 16.1 Å². The first-order chi connectivity index (χ1) is 9.13. The first-order valence-electron chi connectivity index (χ1n) is 5.50. The van der Waals surface area contributed by atoms with Crippen LogP contribution in [0, 0.1) is 12.7 Å². The van der Waals surface area contributed by atoms with Crippen LogP contribution in [-0.4, -0.2) is 20.5 Å². The second kappa shape index (κ2) is 4.43. The summed E-state index contributed by atoms with van der Waals surface area (Å²) in [6, 6.07) is 4.40. The van der Waals surface area contributed by atoms with E-state index in [0.717, 1.165) is 0 Å². The molecule has 0 saturated carbocycles. The minimum Gasteiger partial charge on any atom is -0.321 e. The van der Waals surface area contributed by atoms with Gasteiger partial charge in [0.2, 0.25) is 4.96 Å². The predicted molar refractivity (Wildman–Crippen MR) is 70.0 cm³/mol. The number of carbonyl (C=O) groups is 1. The number of carbonyl (C=O) groups excluding carboxylic acids is 1. The van der Waals surface area contributed by atoms with Crippen LogP contribution >= 0.6 is 11.3 Å². The van der Waals surface area contributed by atoms with Crippen LogP contribution in [0.15, 0.2) is 29.9 Å². The fraction of sp³-hybridized carbons (Fsp3) is 0.0833. The number of rotatable bonds is 2. The van der Waals surface area contributed by atoms with E-state index in [2.05, 4.69) is 15.4 Å². The van der Waals surface area contributed by atoms with Gasteiger partial charge < -0.3 is 5.32 Å². The minimum absolute atomic E-state index is 0.279. The summed E-state index contributed by atoms with van der Waals surface area (Å²) in [6.07, 6.45) is 1.55. The Balaban J connectivity index is 1.84. The topological polar surface area (TPSA) is 59.3 Å². The van der Waals surface area contributed by atoms with Crippen LogP contribution in [0.4, 0.5) is 10.1 Å². The number of aromatic nitrogens is 3. The molecule has 0 fully saturated rings. The largest absolute Gasteiger partial charge is 0.321 e. The summed E-state index contributed by atoms with van der Waals surface area (Å²) in [7, 11) is 0. The average Bonchev–Trinajstić information content (AvgIpc) is 2.94. The zero-order chi connectivity index (χ0) is 13.4. The summed E-state index contributed by atoms with van der Waals surface area (Å²) in [5.74, 6) is -0.645. The third-order valence-electron chi connectivity index (χ3n) is 2.63. The number of fused-ring (bicyclic) bond motifs is 1. The molecular formula is C12H9FN4OS. The summed E-state index contributed by atoms with van der Waals surface area (Å²) < 4.78 is 14.7. The molecule has 1 N–H and O–H groups in total. The number of nitrogens with zero attached hydrogens (tertiary/aromatic N) is 3. The Bertz CT molecular complexity index is 736. The molecule has 0 bridgehead atoms. The van der Waals surface area contributed by atoms with Gasteiger partial charge in [-0.25, -0.2) is 13.9 Å². The van der Waals surface area contributed by atoms with Crippen molar-refractivity contribution in [1.29, 1.82) is 0 Å². The Kier molecular flexibility index (Phi) is 2.75. The number of halogens is 1. The van der Waals surface area contributed by atoms with Gasteiger partial charge in [-0.3, -0.25) is 4.79 Å². The van der Waals surface area contributed by atoms with Gasteiger partial charge in [-0.05, 0) is 30.7 Å². The SMILES string of the molecule is Cc1cc(NC(=O)c2cn3ncsc3n2)ccc1F. The minimum atomic E-state index is -0.344. The lowest BCUT2D eigenvalue weighted by Gasteiger charge is -2.04. The van der Waals surface area contributed by atoms with Crippen LogP contribution in [-0.2, 0) is 0 Å². The lowest BCUT2D eigenvalue weighted by Crippen LogP contribution is -2.12. The van der Waals surface area contributed by atoms with E-state index >= 15 is 0 Å². The first-order valence-corrected chi connectivity index (χ1v) is 6.38. The molecule has 0 aliphatic heterocycles. The molecule has 0 unspecified atom stereocenters. The Hall–Kier alpha value is -2.28. The molecule has 7 heteroatoms. The van der Waals surface area contributed by atoms with Crippen LogP contribution in [0.5, 0.6) is 0 Å². The predicted octanol–water partition coefficient (Wildman–Crippen LogP) is 2.49. The Morgan fingerprint density at radius 3 is 3.05 bits per heavy atom. The molecule has 2 heterocycles. The molecule has 3 rings (SSSR count). The van der Waals surface area contributed by atoms with Gasteiger partial charge in [0, 0.05) is 5.69 Å². The van der Waals surface area contributed by atoms with Crippen molar-refractivity contribution in [2.45, 2.75) is 6.92 Å². The highest BCUT2D eigenvalue weighted by atomic mass is 32.1. The summed E-state index contributed by atoms with van der Waals surface area (Å²) >= 11 is 1.35. The first kappa shape index (κ1) is 11.8. The van der Waals surface area contributed by atoms with Crippen LogP contribution in [0.25, 0.3) is 4.96 Å². The molecular weight excluding hydrogens is 267 g/mol. The molecule has 2 aromatic heterocycles. The van der Waals surface area contributed by atoms with Crippen molar-refractivity contribution >= 4 is 27.9 Å². The molecule has 5 nitrogen and oxygen atoms in total. The molecule has 1 aromatic carbocycles. The lowest BCUT2D eigenvalue weighted by molar-refractivity contribution is 0.102. The van der Waals surface area contributed by atoms with Crippen molar-refractivity contribution in [3.05, 3.63) is 47.0 Å². The molecule has 0 radical (unpaired) electrons. The molecule has 3 aromatic rings. The number of hydrogen-bond acceptors (Lipinski definition) is 4. The van der Waals surface area contributed by atoms with E-state index in [1.54, 1.807) is 24.7 Å². The molecule has 19 heavy (non-hydrogen) atoms. The van der Waals surface area contributed by atoms with Crippen molar-refractivity contribution in [1.82, 2.24) is 14.6 Å². The van der Waals surface area contributed by atoms with Gasteiger partial charge in [0.25, 0.3) is 5.91 Å².